The van der Waals surface area contributed by atoms with Crippen LogP contribution in [0.25, 0.3) is 21.9 Å². The third-order valence-corrected chi connectivity index (χ3v) is 5.01. The van der Waals surface area contributed by atoms with E-state index in [1.807, 2.05) is 36.4 Å². The minimum absolute atomic E-state index is 0.271. The molecule has 33 heavy (non-hydrogen) atoms. The summed E-state index contributed by atoms with van der Waals surface area (Å²) >= 11 is 0. The topological polar surface area (TPSA) is 44.8 Å². The lowest BCUT2D eigenvalue weighted by Crippen LogP contribution is -2.16. The van der Waals surface area contributed by atoms with Gasteiger partial charge in [-0.2, -0.15) is 0 Å². The van der Waals surface area contributed by atoms with Crippen molar-refractivity contribution in [1.29, 1.82) is 0 Å². The Morgan fingerprint density at radius 2 is 1.55 bits per heavy atom. The highest BCUT2D eigenvalue weighted by Crippen LogP contribution is 2.34. The SMILES string of the molecule is COC(=O)c1ccc(COc2cc(-c3ccc(OC(F)(F)F)cc3)cc3ccccc23)cc1. The van der Waals surface area contributed by atoms with Crippen molar-refractivity contribution < 1.29 is 32.2 Å². The second-order valence-electron chi connectivity index (χ2n) is 7.24. The van der Waals surface area contributed by atoms with E-state index in [4.69, 9.17) is 9.47 Å². The van der Waals surface area contributed by atoms with Crippen LogP contribution in [0.15, 0.2) is 84.9 Å². The second-order valence-corrected chi connectivity index (χ2v) is 7.24. The fourth-order valence-corrected chi connectivity index (χ4v) is 3.43. The predicted octanol–water partition coefficient (Wildman–Crippen LogP) is 6.77. The molecule has 0 amide bonds. The number of fused-ring (bicyclic) bond motifs is 1. The van der Waals surface area contributed by atoms with E-state index < -0.39 is 12.3 Å². The van der Waals surface area contributed by atoms with E-state index in [0.29, 0.717) is 11.3 Å². The van der Waals surface area contributed by atoms with Gasteiger partial charge in [-0.1, -0.05) is 48.5 Å². The van der Waals surface area contributed by atoms with Crippen LogP contribution in [-0.4, -0.2) is 19.4 Å². The quantitative estimate of drug-likeness (QED) is 0.303. The summed E-state index contributed by atoms with van der Waals surface area (Å²) in [7, 11) is 1.33. The monoisotopic (exact) mass is 452 g/mol. The lowest BCUT2D eigenvalue weighted by Gasteiger charge is -2.13. The summed E-state index contributed by atoms with van der Waals surface area (Å²) < 4.78 is 52.1. The van der Waals surface area contributed by atoms with Crippen LogP contribution in [0.3, 0.4) is 0 Å². The number of rotatable bonds is 6. The van der Waals surface area contributed by atoms with Crippen LogP contribution in [0.5, 0.6) is 11.5 Å². The Morgan fingerprint density at radius 3 is 2.21 bits per heavy atom. The van der Waals surface area contributed by atoms with Crippen LogP contribution in [0.4, 0.5) is 13.2 Å². The maximum atomic E-state index is 12.4. The number of carbonyl (C=O) groups excluding carboxylic acids is 1. The summed E-state index contributed by atoms with van der Waals surface area (Å²) in [6, 6.07) is 24.1. The van der Waals surface area contributed by atoms with Crippen molar-refractivity contribution in [3.05, 3.63) is 96.1 Å². The molecule has 0 aliphatic rings. The molecule has 0 aliphatic carbocycles. The fourth-order valence-electron chi connectivity index (χ4n) is 3.43. The molecule has 4 aromatic rings. The van der Waals surface area contributed by atoms with E-state index in [2.05, 4.69) is 4.74 Å². The number of hydrogen-bond donors (Lipinski definition) is 0. The molecule has 0 N–H and O–H groups in total. The molecule has 0 bridgehead atoms. The highest BCUT2D eigenvalue weighted by Gasteiger charge is 2.31. The molecule has 0 unspecified atom stereocenters. The van der Waals surface area contributed by atoms with Gasteiger partial charge < -0.3 is 14.2 Å². The van der Waals surface area contributed by atoms with E-state index >= 15 is 0 Å². The summed E-state index contributed by atoms with van der Waals surface area (Å²) in [4.78, 5) is 11.6. The molecule has 168 valence electrons. The number of halogens is 3. The third kappa shape index (κ3) is 5.44. The van der Waals surface area contributed by atoms with Crippen LogP contribution in [-0.2, 0) is 11.3 Å². The maximum absolute atomic E-state index is 12.4. The first kappa shape index (κ1) is 22.2. The zero-order valence-electron chi connectivity index (χ0n) is 17.6. The van der Waals surface area contributed by atoms with Gasteiger partial charge in [-0.25, -0.2) is 4.79 Å². The van der Waals surface area contributed by atoms with Crippen molar-refractivity contribution >= 4 is 16.7 Å². The molecule has 0 aromatic heterocycles. The van der Waals surface area contributed by atoms with Gasteiger partial charge in [0, 0.05) is 5.39 Å². The molecule has 0 saturated heterocycles. The van der Waals surface area contributed by atoms with Crippen molar-refractivity contribution in [2.45, 2.75) is 13.0 Å². The van der Waals surface area contributed by atoms with Crippen LogP contribution in [0.1, 0.15) is 15.9 Å². The molecule has 4 nitrogen and oxygen atoms in total. The molecule has 0 atom stereocenters. The minimum atomic E-state index is -4.74. The van der Waals surface area contributed by atoms with Crippen molar-refractivity contribution in [3.63, 3.8) is 0 Å². The molecule has 0 fully saturated rings. The highest BCUT2D eigenvalue weighted by atomic mass is 19.4. The van der Waals surface area contributed by atoms with Crippen LogP contribution in [0.2, 0.25) is 0 Å². The van der Waals surface area contributed by atoms with Gasteiger partial charge in [0.2, 0.25) is 0 Å². The highest BCUT2D eigenvalue weighted by molar-refractivity contribution is 5.93. The van der Waals surface area contributed by atoms with Gasteiger partial charge in [0.1, 0.15) is 18.1 Å². The van der Waals surface area contributed by atoms with E-state index in [1.54, 1.807) is 36.4 Å². The summed E-state index contributed by atoms with van der Waals surface area (Å²) in [6.07, 6.45) is -4.74. The molecule has 4 aromatic carbocycles. The number of hydrogen-bond acceptors (Lipinski definition) is 4. The zero-order valence-corrected chi connectivity index (χ0v) is 17.6. The number of methoxy groups -OCH3 is 1. The molecule has 4 rings (SSSR count). The summed E-state index contributed by atoms with van der Waals surface area (Å²) in [5.41, 5.74) is 2.84. The fraction of sp³-hybridized carbons (Fsp3) is 0.115. The van der Waals surface area contributed by atoms with Crippen LogP contribution in [0, 0.1) is 0 Å². The summed E-state index contributed by atoms with van der Waals surface area (Å²) in [5, 5.41) is 1.84. The van der Waals surface area contributed by atoms with Crippen molar-refractivity contribution in [2.75, 3.05) is 7.11 Å². The molecule has 0 heterocycles. The van der Waals surface area contributed by atoms with Gasteiger partial charge in [-0.05, 0) is 58.5 Å². The Morgan fingerprint density at radius 1 is 0.848 bits per heavy atom. The molecule has 7 heteroatoms. The third-order valence-electron chi connectivity index (χ3n) is 5.01. The van der Waals surface area contributed by atoms with Gasteiger partial charge in [0.05, 0.1) is 12.7 Å². The van der Waals surface area contributed by atoms with E-state index in [0.717, 1.165) is 27.5 Å². The Hall–Kier alpha value is -4.00. The number of ether oxygens (including phenoxy) is 3. The molecule has 0 radical (unpaired) electrons. The number of esters is 1. The predicted molar refractivity (Wildman–Crippen MR) is 118 cm³/mol. The summed E-state index contributed by atoms with van der Waals surface area (Å²) in [5.74, 6) is -0.0532. The minimum Gasteiger partial charge on any atom is -0.488 e. The van der Waals surface area contributed by atoms with Gasteiger partial charge >= 0.3 is 12.3 Å². The standard InChI is InChI=1S/C26H19F3O4/c1-31-25(30)19-8-6-17(7-9-19)16-32-24-15-21(14-20-4-2-3-5-23(20)24)18-10-12-22(13-11-18)33-26(27,28)29/h2-15H,16H2,1H3. The second kappa shape index (κ2) is 9.24. The maximum Gasteiger partial charge on any atom is 0.573 e. The molecule has 0 aliphatic heterocycles. The normalized spacial score (nSPS) is 11.3. The molecular formula is C26H19F3O4. The molecular weight excluding hydrogens is 433 g/mol. The zero-order chi connectivity index (χ0) is 23.4. The smallest absolute Gasteiger partial charge is 0.488 e. The number of benzene rings is 4. The van der Waals surface area contributed by atoms with Crippen molar-refractivity contribution in [2.24, 2.45) is 0 Å². The van der Waals surface area contributed by atoms with Gasteiger partial charge in [0.25, 0.3) is 0 Å². The van der Waals surface area contributed by atoms with Crippen molar-refractivity contribution in [3.8, 4) is 22.6 Å². The molecule has 0 saturated carbocycles. The van der Waals surface area contributed by atoms with Gasteiger partial charge in [-0.15, -0.1) is 13.2 Å². The average Bonchev–Trinajstić information content (AvgIpc) is 2.81. The Labute approximate surface area is 188 Å². The Kier molecular flexibility index (Phi) is 6.22. The van der Waals surface area contributed by atoms with Gasteiger partial charge in [0.15, 0.2) is 0 Å². The van der Waals surface area contributed by atoms with Crippen molar-refractivity contribution in [1.82, 2.24) is 0 Å². The van der Waals surface area contributed by atoms with Crippen LogP contribution >= 0.6 is 0 Å². The number of alkyl halides is 3. The van der Waals surface area contributed by atoms with Crippen LogP contribution < -0.4 is 9.47 Å². The first-order chi connectivity index (χ1) is 15.8. The lowest BCUT2D eigenvalue weighted by atomic mass is 10.0. The first-order valence-electron chi connectivity index (χ1n) is 10.0. The largest absolute Gasteiger partial charge is 0.573 e. The summed E-state index contributed by atoms with van der Waals surface area (Å²) in [6.45, 7) is 0.271. The Bertz CT molecular complexity index is 1260. The Balaban J connectivity index is 1.60. The lowest BCUT2D eigenvalue weighted by molar-refractivity contribution is -0.274. The van der Waals surface area contributed by atoms with Gasteiger partial charge in [-0.3, -0.25) is 0 Å². The number of carbonyl (C=O) groups is 1. The van der Waals surface area contributed by atoms with E-state index in [-0.39, 0.29) is 12.4 Å². The van der Waals surface area contributed by atoms with E-state index in [1.165, 1.54) is 19.2 Å². The van der Waals surface area contributed by atoms with E-state index in [9.17, 15) is 18.0 Å². The first-order valence-corrected chi connectivity index (χ1v) is 10.0. The average molecular weight is 452 g/mol. The molecule has 0 spiro atoms.